The smallest absolute Gasteiger partial charge is 0.338 e. The zero-order chi connectivity index (χ0) is 12.1. The number of carbonyl (C=O) groups excluding carboxylic acids is 1. The van der Waals surface area contributed by atoms with Crippen LogP contribution < -0.4 is 0 Å². The van der Waals surface area contributed by atoms with Crippen LogP contribution in [0.2, 0.25) is 0 Å². The largest absolute Gasteiger partial charge is 0.462 e. The molecule has 2 rings (SSSR count). The third-order valence-electron chi connectivity index (χ3n) is 2.59. The Kier molecular flexibility index (Phi) is 4.12. The quantitative estimate of drug-likeness (QED) is 0.747. The topological polar surface area (TPSA) is 44.8 Å². The van der Waals surface area contributed by atoms with Crippen molar-refractivity contribution in [3.63, 3.8) is 0 Å². The van der Waals surface area contributed by atoms with Crippen molar-refractivity contribution in [3.05, 3.63) is 35.4 Å². The maximum atomic E-state index is 11.7. The van der Waals surface area contributed by atoms with Crippen molar-refractivity contribution in [1.29, 1.82) is 0 Å². The molecule has 4 nitrogen and oxygen atoms in total. The Hall–Kier alpha value is -1.39. The summed E-state index contributed by atoms with van der Waals surface area (Å²) in [5.41, 5.74) is 1.49. The molecule has 0 spiro atoms. The van der Waals surface area contributed by atoms with Crippen LogP contribution in [-0.4, -0.2) is 32.1 Å². The maximum absolute atomic E-state index is 11.7. The minimum Gasteiger partial charge on any atom is -0.462 e. The van der Waals surface area contributed by atoms with Crippen LogP contribution in [0.4, 0.5) is 0 Å². The van der Waals surface area contributed by atoms with E-state index in [0.29, 0.717) is 31.8 Å². The van der Waals surface area contributed by atoms with Crippen LogP contribution in [0.1, 0.15) is 22.8 Å². The lowest BCUT2D eigenvalue weighted by atomic mass is 10.0. The highest BCUT2D eigenvalue weighted by Crippen LogP contribution is 2.16. The molecule has 0 bridgehead atoms. The molecular weight excluding hydrogens is 220 g/mol. The Morgan fingerprint density at radius 3 is 2.76 bits per heavy atom. The summed E-state index contributed by atoms with van der Waals surface area (Å²) in [5.74, 6) is -0.291. The van der Waals surface area contributed by atoms with Crippen LogP contribution in [0.5, 0.6) is 0 Å². The van der Waals surface area contributed by atoms with Crippen LogP contribution in [0, 0.1) is 0 Å². The second-order valence-electron chi connectivity index (χ2n) is 3.75. The molecule has 0 aromatic heterocycles. The second kappa shape index (κ2) is 5.80. The molecule has 0 radical (unpaired) electrons. The molecule has 4 heteroatoms. The highest BCUT2D eigenvalue weighted by Gasteiger charge is 2.20. The molecule has 1 saturated heterocycles. The second-order valence-corrected chi connectivity index (χ2v) is 3.75. The van der Waals surface area contributed by atoms with Gasteiger partial charge in [0.2, 0.25) is 0 Å². The van der Waals surface area contributed by atoms with Gasteiger partial charge in [-0.05, 0) is 18.6 Å². The molecule has 0 amide bonds. The average molecular weight is 236 g/mol. The summed E-state index contributed by atoms with van der Waals surface area (Å²) < 4.78 is 15.8. The van der Waals surface area contributed by atoms with Gasteiger partial charge in [0.1, 0.15) is 0 Å². The van der Waals surface area contributed by atoms with Gasteiger partial charge in [0.25, 0.3) is 0 Å². The Morgan fingerprint density at radius 1 is 1.35 bits per heavy atom. The molecule has 0 atom stereocenters. The lowest BCUT2D eigenvalue weighted by Gasteiger charge is -2.12. The summed E-state index contributed by atoms with van der Waals surface area (Å²) >= 11 is 0. The summed E-state index contributed by atoms with van der Waals surface area (Å²) in [6.07, 6.45) is 0.334. The number of benzene rings is 1. The monoisotopic (exact) mass is 236 g/mol. The van der Waals surface area contributed by atoms with Gasteiger partial charge in [-0.15, -0.1) is 0 Å². The molecule has 1 fully saturated rings. The van der Waals surface area contributed by atoms with Gasteiger partial charge in [0, 0.05) is 6.42 Å². The zero-order valence-corrected chi connectivity index (χ0v) is 9.85. The first-order valence-electron chi connectivity index (χ1n) is 5.79. The molecule has 1 aliphatic heterocycles. The van der Waals surface area contributed by atoms with Crippen LogP contribution in [0.25, 0.3) is 0 Å². The van der Waals surface area contributed by atoms with Gasteiger partial charge in [-0.25, -0.2) is 4.79 Å². The summed E-state index contributed by atoms with van der Waals surface area (Å²) in [6.45, 7) is 3.41. The van der Waals surface area contributed by atoms with Gasteiger partial charge >= 0.3 is 5.97 Å². The first kappa shape index (κ1) is 12.1. The number of rotatable bonds is 4. The highest BCUT2D eigenvalue weighted by atomic mass is 16.7. The van der Waals surface area contributed by atoms with Crippen molar-refractivity contribution in [2.75, 3.05) is 19.8 Å². The van der Waals surface area contributed by atoms with Crippen molar-refractivity contribution in [2.24, 2.45) is 0 Å². The van der Waals surface area contributed by atoms with E-state index in [9.17, 15) is 4.79 Å². The predicted octanol–water partition coefficient (Wildman–Crippen LogP) is 1.78. The average Bonchev–Trinajstić information content (AvgIpc) is 2.83. The molecule has 92 valence electrons. The van der Waals surface area contributed by atoms with E-state index in [2.05, 4.69) is 0 Å². The molecule has 0 saturated carbocycles. The standard InChI is InChI=1S/C13H16O4/c1-2-15-13(14)11-6-4-3-5-10(11)9-12-16-7-8-17-12/h3-6,12H,2,7-9H2,1H3. The minimum atomic E-state index is -0.291. The van der Waals surface area contributed by atoms with E-state index in [1.807, 2.05) is 18.2 Å². The van der Waals surface area contributed by atoms with Crippen molar-refractivity contribution >= 4 is 5.97 Å². The molecule has 1 heterocycles. The SMILES string of the molecule is CCOC(=O)c1ccccc1CC1OCCO1. The number of carbonyl (C=O) groups is 1. The number of hydrogen-bond donors (Lipinski definition) is 0. The van der Waals surface area contributed by atoms with Gasteiger partial charge in [0.15, 0.2) is 6.29 Å². The third-order valence-corrected chi connectivity index (χ3v) is 2.59. The van der Waals surface area contributed by atoms with Crippen LogP contribution in [-0.2, 0) is 20.6 Å². The fourth-order valence-electron chi connectivity index (χ4n) is 1.81. The lowest BCUT2D eigenvalue weighted by Crippen LogP contribution is -2.15. The molecular formula is C13H16O4. The lowest BCUT2D eigenvalue weighted by molar-refractivity contribution is -0.0401. The Morgan fingerprint density at radius 2 is 2.06 bits per heavy atom. The molecule has 17 heavy (non-hydrogen) atoms. The van der Waals surface area contributed by atoms with Gasteiger partial charge in [-0.2, -0.15) is 0 Å². The number of hydrogen-bond acceptors (Lipinski definition) is 4. The van der Waals surface area contributed by atoms with Crippen LogP contribution in [0.3, 0.4) is 0 Å². The Balaban J connectivity index is 2.12. The molecule has 0 unspecified atom stereocenters. The van der Waals surface area contributed by atoms with Crippen molar-refractivity contribution < 1.29 is 19.0 Å². The molecule has 1 aromatic carbocycles. The number of esters is 1. The first-order valence-corrected chi connectivity index (χ1v) is 5.79. The minimum absolute atomic E-state index is 0.245. The maximum Gasteiger partial charge on any atom is 0.338 e. The summed E-state index contributed by atoms with van der Waals surface area (Å²) in [6, 6.07) is 7.39. The highest BCUT2D eigenvalue weighted by molar-refractivity contribution is 5.91. The fourth-order valence-corrected chi connectivity index (χ4v) is 1.81. The molecule has 0 N–H and O–H groups in total. The van der Waals surface area contributed by atoms with E-state index in [0.717, 1.165) is 5.56 Å². The molecule has 1 aliphatic rings. The van der Waals surface area contributed by atoms with E-state index in [1.54, 1.807) is 13.0 Å². The van der Waals surface area contributed by atoms with E-state index in [4.69, 9.17) is 14.2 Å². The third kappa shape index (κ3) is 3.05. The van der Waals surface area contributed by atoms with Crippen molar-refractivity contribution in [3.8, 4) is 0 Å². The van der Waals surface area contributed by atoms with Gasteiger partial charge in [-0.1, -0.05) is 18.2 Å². The fraction of sp³-hybridized carbons (Fsp3) is 0.462. The van der Waals surface area contributed by atoms with Crippen LogP contribution in [0.15, 0.2) is 24.3 Å². The first-order chi connectivity index (χ1) is 8.31. The summed E-state index contributed by atoms with van der Waals surface area (Å²) in [5, 5.41) is 0. The normalized spacial score (nSPS) is 16.1. The molecule has 0 aliphatic carbocycles. The van der Waals surface area contributed by atoms with Crippen LogP contribution >= 0.6 is 0 Å². The van der Waals surface area contributed by atoms with Gasteiger partial charge < -0.3 is 14.2 Å². The Bertz CT molecular complexity index is 383. The van der Waals surface area contributed by atoms with E-state index >= 15 is 0 Å². The zero-order valence-electron chi connectivity index (χ0n) is 9.85. The van der Waals surface area contributed by atoms with Crippen molar-refractivity contribution in [1.82, 2.24) is 0 Å². The van der Waals surface area contributed by atoms with E-state index in [1.165, 1.54) is 0 Å². The van der Waals surface area contributed by atoms with Gasteiger partial charge in [-0.3, -0.25) is 0 Å². The number of ether oxygens (including phenoxy) is 3. The summed E-state index contributed by atoms with van der Waals surface area (Å²) in [4.78, 5) is 11.7. The summed E-state index contributed by atoms with van der Waals surface area (Å²) in [7, 11) is 0. The van der Waals surface area contributed by atoms with E-state index < -0.39 is 0 Å². The van der Waals surface area contributed by atoms with Crippen molar-refractivity contribution in [2.45, 2.75) is 19.6 Å². The predicted molar refractivity (Wildman–Crippen MR) is 61.8 cm³/mol. The molecule has 1 aromatic rings. The van der Waals surface area contributed by atoms with E-state index in [-0.39, 0.29) is 12.3 Å². The Labute approximate surface area is 100 Å². The van der Waals surface area contributed by atoms with Gasteiger partial charge in [0.05, 0.1) is 25.4 Å².